The van der Waals surface area contributed by atoms with Crippen LogP contribution in [-0.2, 0) is 11.3 Å². The van der Waals surface area contributed by atoms with Gasteiger partial charge < -0.3 is 19.5 Å². The van der Waals surface area contributed by atoms with Gasteiger partial charge in [0.25, 0.3) is 0 Å². The lowest BCUT2D eigenvalue weighted by Crippen LogP contribution is -2.48. The lowest BCUT2D eigenvalue weighted by Gasteiger charge is -2.34. The van der Waals surface area contributed by atoms with Gasteiger partial charge in [-0.25, -0.2) is 4.39 Å². The average Bonchev–Trinajstić information content (AvgIpc) is 2.74. The van der Waals surface area contributed by atoms with Gasteiger partial charge in [-0.2, -0.15) is 0 Å². The molecule has 0 unspecified atom stereocenters. The standard InChI is InChI=1S/C22H28FN3O4/c1-28-19-8-7-16(21(29-2)22(19)30-3)14-25-9-11-26(12-10-25)15-20(27)24-18-6-4-5-17(23)13-18/h4-8,13H,9-12,14-15H2,1-3H3,(H,24,27). The van der Waals surface area contributed by atoms with Crippen molar-refractivity contribution < 1.29 is 23.4 Å². The van der Waals surface area contributed by atoms with E-state index in [0.717, 1.165) is 31.7 Å². The summed E-state index contributed by atoms with van der Waals surface area (Å²) in [5.74, 6) is 1.38. The molecule has 1 amide bonds. The van der Waals surface area contributed by atoms with Crippen molar-refractivity contribution in [3.8, 4) is 17.2 Å². The number of benzene rings is 2. The predicted octanol–water partition coefficient (Wildman–Crippen LogP) is 2.61. The van der Waals surface area contributed by atoms with E-state index in [-0.39, 0.29) is 18.3 Å². The van der Waals surface area contributed by atoms with Crippen molar-refractivity contribution >= 4 is 11.6 Å². The summed E-state index contributed by atoms with van der Waals surface area (Å²) in [5.41, 5.74) is 1.49. The molecular weight excluding hydrogens is 389 g/mol. The maximum Gasteiger partial charge on any atom is 0.238 e. The summed E-state index contributed by atoms with van der Waals surface area (Å²) in [6, 6.07) is 9.78. The molecule has 0 aliphatic carbocycles. The number of piperazine rings is 1. The lowest BCUT2D eigenvalue weighted by molar-refractivity contribution is -0.117. The first-order chi connectivity index (χ1) is 14.5. The highest BCUT2D eigenvalue weighted by Crippen LogP contribution is 2.40. The van der Waals surface area contributed by atoms with Crippen LogP contribution in [0.5, 0.6) is 17.2 Å². The SMILES string of the molecule is COc1ccc(CN2CCN(CC(=O)Nc3cccc(F)c3)CC2)c(OC)c1OC. The Bertz CT molecular complexity index is 869. The molecule has 7 nitrogen and oxygen atoms in total. The Morgan fingerprint density at radius 1 is 0.967 bits per heavy atom. The van der Waals surface area contributed by atoms with Crippen LogP contribution < -0.4 is 19.5 Å². The van der Waals surface area contributed by atoms with Crippen molar-refractivity contribution in [2.24, 2.45) is 0 Å². The molecule has 1 aliphatic rings. The number of amides is 1. The van der Waals surface area contributed by atoms with Gasteiger partial charge in [0.1, 0.15) is 5.82 Å². The van der Waals surface area contributed by atoms with E-state index in [1.807, 2.05) is 12.1 Å². The second kappa shape index (κ2) is 10.3. The van der Waals surface area contributed by atoms with Gasteiger partial charge in [-0.15, -0.1) is 0 Å². The largest absolute Gasteiger partial charge is 0.493 e. The van der Waals surface area contributed by atoms with Crippen LogP contribution in [0, 0.1) is 5.82 Å². The summed E-state index contributed by atoms with van der Waals surface area (Å²) in [6.07, 6.45) is 0. The van der Waals surface area contributed by atoms with Crippen LogP contribution in [0.3, 0.4) is 0 Å². The minimum atomic E-state index is -0.369. The minimum Gasteiger partial charge on any atom is -0.493 e. The van der Waals surface area contributed by atoms with Gasteiger partial charge in [0.05, 0.1) is 27.9 Å². The average molecular weight is 417 g/mol. The van der Waals surface area contributed by atoms with Crippen molar-refractivity contribution in [3.05, 3.63) is 47.8 Å². The fourth-order valence-corrected chi connectivity index (χ4v) is 3.60. The van der Waals surface area contributed by atoms with Crippen molar-refractivity contribution in [1.82, 2.24) is 9.80 Å². The predicted molar refractivity (Wildman–Crippen MR) is 113 cm³/mol. The highest BCUT2D eigenvalue weighted by Gasteiger charge is 2.22. The van der Waals surface area contributed by atoms with Crippen molar-refractivity contribution in [2.75, 3.05) is 59.4 Å². The number of nitrogens with one attached hydrogen (secondary N) is 1. The van der Waals surface area contributed by atoms with E-state index in [2.05, 4.69) is 15.1 Å². The summed E-state index contributed by atoms with van der Waals surface area (Å²) >= 11 is 0. The number of rotatable bonds is 8. The number of anilines is 1. The highest BCUT2D eigenvalue weighted by molar-refractivity contribution is 5.92. The topological polar surface area (TPSA) is 63.3 Å². The summed E-state index contributed by atoms with van der Waals surface area (Å²) in [6.45, 7) is 4.19. The van der Waals surface area contributed by atoms with Crippen molar-refractivity contribution in [3.63, 3.8) is 0 Å². The van der Waals surface area contributed by atoms with Crippen LogP contribution in [0.25, 0.3) is 0 Å². The molecule has 1 aliphatic heterocycles. The van der Waals surface area contributed by atoms with E-state index in [1.165, 1.54) is 12.1 Å². The Kier molecular flexibility index (Phi) is 7.48. The molecule has 30 heavy (non-hydrogen) atoms. The monoisotopic (exact) mass is 417 g/mol. The van der Waals surface area contributed by atoms with E-state index in [0.29, 0.717) is 29.5 Å². The summed E-state index contributed by atoms with van der Waals surface area (Å²) in [4.78, 5) is 16.7. The van der Waals surface area contributed by atoms with Crippen LogP contribution in [0.2, 0.25) is 0 Å². The first-order valence-electron chi connectivity index (χ1n) is 9.82. The Morgan fingerprint density at radius 2 is 1.67 bits per heavy atom. The molecule has 8 heteroatoms. The number of halogens is 1. The number of carbonyl (C=O) groups is 1. The Labute approximate surface area is 176 Å². The summed E-state index contributed by atoms with van der Waals surface area (Å²) in [7, 11) is 4.81. The molecule has 2 aromatic rings. The van der Waals surface area contributed by atoms with E-state index >= 15 is 0 Å². The number of hydrogen-bond acceptors (Lipinski definition) is 6. The Morgan fingerprint density at radius 3 is 2.30 bits per heavy atom. The third-order valence-electron chi connectivity index (χ3n) is 5.12. The minimum absolute atomic E-state index is 0.143. The highest BCUT2D eigenvalue weighted by atomic mass is 19.1. The van der Waals surface area contributed by atoms with Crippen LogP contribution in [0.15, 0.2) is 36.4 Å². The smallest absolute Gasteiger partial charge is 0.238 e. The molecule has 1 saturated heterocycles. The molecule has 1 N–H and O–H groups in total. The molecule has 0 atom stereocenters. The molecule has 0 spiro atoms. The quantitative estimate of drug-likeness (QED) is 0.713. The molecule has 0 radical (unpaired) electrons. The third-order valence-corrected chi connectivity index (χ3v) is 5.12. The second-order valence-electron chi connectivity index (χ2n) is 7.10. The normalized spacial score (nSPS) is 14.9. The zero-order chi connectivity index (χ0) is 21.5. The molecule has 0 aromatic heterocycles. The number of carbonyl (C=O) groups excluding carboxylic acids is 1. The summed E-state index contributed by atoms with van der Waals surface area (Å²) < 4.78 is 29.6. The van der Waals surface area contributed by atoms with Crippen LogP contribution in [-0.4, -0.2) is 69.8 Å². The zero-order valence-corrected chi connectivity index (χ0v) is 17.6. The molecule has 2 aromatic carbocycles. The van der Waals surface area contributed by atoms with E-state index in [9.17, 15) is 9.18 Å². The molecule has 1 heterocycles. The number of ether oxygens (including phenoxy) is 3. The lowest BCUT2D eigenvalue weighted by atomic mass is 10.1. The molecular formula is C22H28FN3O4. The number of hydrogen-bond donors (Lipinski definition) is 1. The van der Waals surface area contributed by atoms with E-state index in [1.54, 1.807) is 33.5 Å². The van der Waals surface area contributed by atoms with Crippen molar-refractivity contribution in [1.29, 1.82) is 0 Å². The zero-order valence-electron chi connectivity index (χ0n) is 17.6. The Hall–Kier alpha value is -2.84. The van der Waals surface area contributed by atoms with Gasteiger partial charge in [0, 0.05) is 44.0 Å². The van der Waals surface area contributed by atoms with Crippen LogP contribution in [0.1, 0.15) is 5.56 Å². The van der Waals surface area contributed by atoms with Gasteiger partial charge >= 0.3 is 0 Å². The first kappa shape index (κ1) is 21.9. The summed E-state index contributed by atoms with van der Waals surface area (Å²) in [5, 5.41) is 2.74. The van der Waals surface area contributed by atoms with Gasteiger partial charge in [0.15, 0.2) is 11.5 Å². The Balaban J connectivity index is 1.53. The molecule has 3 rings (SSSR count). The van der Waals surface area contributed by atoms with Crippen LogP contribution >= 0.6 is 0 Å². The molecule has 1 fully saturated rings. The van der Waals surface area contributed by atoms with Gasteiger partial charge in [-0.05, 0) is 24.3 Å². The van der Waals surface area contributed by atoms with E-state index < -0.39 is 0 Å². The van der Waals surface area contributed by atoms with Gasteiger partial charge in [0.2, 0.25) is 11.7 Å². The third kappa shape index (κ3) is 5.40. The fraction of sp³-hybridized carbons (Fsp3) is 0.409. The van der Waals surface area contributed by atoms with Gasteiger partial charge in [-0.1, -0.05) is 12.1 Å². The maximum atomic E-state index is 13.3. The van der Waals surface area contributed by atoms with Crippen LogP contribution in [0.4, 0.5) is 10.1 Å². The molecule has 162 valence electrons. The number of nitrogens with zero attached hydrogens (tertiary/aromatic N) is 2. The number of methoxy groups -OCH3 is 3. The second-order valence-corrected chi connectivity index (χ2v) is 7.10. The molecule has 0 bridgehead atoms. The maximum absolute atomic E-state index is 13.3. The fourth-order valence-electron chi connectivity index (χ4n) is 3.60. The van der Waals surface area contributed by atoms with Gasteiger partial charge in [-0.3, -0.25) is 14.6 Å². The van der Waals surface area contributed by atoms with Crippen molar-refractivity contribution in [2.45, 2.75) is 6.54 Å². The van der Waals surface area contributed by atoms with E-state index in [4.69, 9.17) is 14.2 Å². The first-order valence-corrected chi connectivity index (χ1v) is 9.82. The molecule has 0 saturated carbocycles.